The third-order valence-corrected chi connectivity index (χ3v) is 7.99. The number of hydrogen-bond acceptors (Lipinski definition) is 5. The molecule has 0 spiro atoms. The monoisotopic (exact) mass is 381 g/mol. The van der Waals surface area contributed by atoms with E-state index < -0.39 is 9.84 Å². The van der Waals surface area contributed by atoms with E-state index in [1.807, 2.05) is 18.7 Å². The molecule has 2 rings (SSSR count). The minimum atomic E-state index is -3.05. The molecular weight excluding hydrogens is 362 g/mol. The van der Waals surface area contributed by atoms with Gasteiger partial charge in [0.1, 0.15) is 5.37 Å². The Bertz CT molecular complexity index is 586. The standard InChI is InChI=1S/C12H20BrN3O2S2/c1-4-20(17,18)11-8-19-6-5-16(11)7-10-12(13)9(2)14-15(10)3/h11H,4-8H2,1-3H3. The van der Waals surface area contributed by atoms with Crippen LogP contribution in [0.2, 0.25) is 0 Å². The van der Waals surface area contributed by atoms with Gasteiger partial charge in [-0.2, -0.15) is 16.9 Å². The maximum absolute atomic E-state index is 12.2. The molecule has 1 aromatic heterocycles. The summed E-state index contributed by atoms with van der Waals surface area (Å²) in [5.41, 5.74) is 1.97. The Hall–Kier alpha value is -0.0500. The lowest BCUT2D eigenvalue weighted by molar-refractivity contribution is 0.254. The molecule has 0 bridgehead atoms. The summed E-state index contributed by atoms with van der Waals surface area (Å²) in [5, 5.41) is 3.99. The molecule has 0 N–H and O–H groups in total. The van der Waals surface area contributed by atoms with Crippen LogP contribution in [0.15, 0.2) is 4.47 Å². The highest BCUT2D eigenvalue weighted by atomic mass is 79.9. The molecule has 114 valence electrons. The van der Waals surface area contributed by atoms with Crippen molar-refractivity contribution < 1.29 is 8.42 Å². The number of thioether (sulfide) groups is 1. The van der Waals surface area contributed by atoms with E-state index in [2.05, 4.69) is 25.9 Å². The van der Waals surface area contributed by atoms with Crippen LogP contribution in [0.25, 0.3) is 0 Å². The van der Waals surface area contributed by atoms with Gasteiger partial charge in [0.15, 0.2) is 9.84 Å². The summed E-state index contributed by atoms with van der Waals surface area (Å²) in [4.78, 5) is 2.07. The lowest BCUT2D eigenvalue weighted by Crippen LogP contribution is -2.47. The molecule has 1 aliphatic heterocycles. The predicted molar refractivity (Wildman–Crippen MR) is 86.6 cm³/mol. The highest BCUT2D eigenvalue weighted by Crippen LogP contribution is 2.27. The first-order valence-electron chi connectivity index (χ1n) is 6.58. The average Bonchev–Trinajstić information content (AvgIpc) is 2.66. The van der Waals surface area contributed by atoms with Gasteiger partial charge in [-0.25, -0.2) is 8.42 Å². The van der Waals surface area contributed by atoms with Crippen LogP contribution >= 0.6 is 27.7 Å². The van der Waals surface area contributed by atoms with Crippen LogP contribution in [-0.2, 0) is 23.4 Å². The van der Waals surface area contributed by atoms with E-state index in [0.717, 1.165) is 28.2 Å². The van der Waals surface area contributed by atoms with Gasteiger partial charge in [-0.1, -0.05) is 6.92 Å². The van der Waals surface area contributed by atoms with Crippen molar-refractivity contribution in [2.45, 2.75) is 25.8 Å². The van der Waals surface area contributed by atoms with Crippen molar-refractivity contribution in [2.24, 2.45) is 7.05 Å². The van der Waals surface area contributed by atoms with Crippen LogP contribution in [-0.4, -0.2) is 52.3 Å². The first-order chi connectivity index (χ1) is 9.36. The molecule has 1 atom stereocenters. The second kappa shape index (κ2) is 6.37. The molecule has 0 aromatic carbocycles. The highest BCUT2D eigenvalue weighted by Gasteiger charge is 2.33. The molecule has 1 saturated heterocycles. The van der Waals surface area contributed by atoms with E-state index in [-0.39, 0.29) is 11.1 Å². The quantitative estimate of drug-likeness (QED) is 0.795. The van der Waals surface area contributed by atoms with Gasteiger partial charge in [0, 0.05) is 37.4 Å². The first-order valence-corrected chi connectivity index (χ1v) is 10.2. The Morgan fingerprint density at radius 2 is 2.20 bits per heavy atom. The smallest absolute Gasteiger partial charge is 0.166 e. The molecule has 8 heteroatoms. The zero-order valence-corrected chi connectivity index (χ0v) is 15.2. The summed E-state index contributed by atoms with van der Waals surface area (Å²) in [5.74, 6) is 1.83. The minimum absolute atomic E-state index is 0.195. The number of aryl methyl sites for hydroxylation is 2. The summed E-state index contributed by atoms with van der Waals surface area (Å²) in [7, 11) is -1.15. The summed E-state index contributed by atoms with van der Waals surface area (Å²) in [6.07, 6.45) is 0. The fraction of sp³-hybridized carbons (Fsp3) is 0.750. The third-order valence-electron chi connectivity index (χ3n) is 3.62. The predicted octanol–water partition coefficient (Wildman–Crippen LogP) is 1.80. The zero-order chi connectivity index (χ0) is 14.9. The van der Waals surface area contributed by atoms with E-state index in [1.54, 1.807) is 18.7 Å². The van der Waals surface area contributed by atoms with E-state index in [9.17, 15) is 8.42 Å². The van der Waals surface area contributed by atoms with E-state index in [1.165, 1.54) is 0 Å². The van der Waals surface area contributed by atoms with Crippen LogP contribution in [0.3, 0.4) is 0 Å². The van der Waals surface area contributed by atoms with Crippen molar-refractivity contribution in [2.75, 3.05) is 23.8 Å². The number of nitrogens with zero attached hydrogens (tertiary/aromatic N) is 3. The van der Waals surface area contributed by atoms with Gasteiger partial charge >= 0.3 is 0 Å². The molecule has 0 radical (unpaired) electrons. The fourth-order valence-electron chi connectivity index (χ4n) is 2.36. The number of hydrogen-bond donors (Lipinski definition) is 0. The first kappa shape index (κ1) is 16.3. The summed E-state index contributed by atoms with van der Waals surface area (Å²) in [6.45, 7) is 5.07. The largest absolute Gasteiger partial charge is 0.280 e. The Kier molecular flexibility index (Phi) is 5.20. The Morgan fingerprint density at radius 1 is 1.50 bits per heavy atom. The van der Waals surface area contributed by atoms with Crippen LogP contribution in [0.5, 0.6) is 0 Å². The highest BCUT2D eigenvalue weighted by molar-refractivity contribution is 9.10. The Balaban J connectivity index is 2.26. The molecule has 5 nitrogen and oxygen atoms in total. The van der Waals surface area contributed by atoms with Gasteiger partial charge < -0.3 is 0 Å². The fourth-order valence-corrected chi connectivity index (χ4v) is 5.90. The number of aromatic nitrogens is 2. The molecule has 1 aliphatic rings. The summed E-state index contributed by atoms with van der Waals surface area (Å²) < 4.78 is 27.3. The van der Waals surface area contributed by atoms with Crippen LogP contribution in [0.4, 0.5) is 0 Å². The molecule has 2 heterocycles. The number of rotatable bonds is 4. The molecule has 20 heavy (non-hydrogen) atoms. The van der Waals surface area contributed by atoms with Crippen molar-refractivity contribution in [3.8, 4) is 0 Å². The lowest BCUT2D eigenvalue weighted by Gasteiger charge is -2.34. The van der Waals surface area contributed by atoms with Crippen molar-refractivity contribution >= 4 is 37.5 Å². The molecule has 0 aliphatic carbocycles. The van der Waals surface area contributed by atoms with Crippen molar-refractivity contribution in [1.82, 2.24) is 14.7 Å². The molecule has 0 amide bonds. The topological polar surface area (TPSA) is 55.2 Å². The van der Waals surface area contributed by atoms with Crippen molar-refractivity contribution in [3.63, 3.8) is 0 Å². The normalized spacial score (nSPS) is 21.3. The molecule has 1 fully saturated rings. The van der Waals surface area contributed by atoms with Gasteiger partial charge in [-0.15, -0.1) is 0 Å². The molecule has 0 saturated carbocycles. The molecule has 1 aromatic rings. The SMILES string of the molecule is CCS(=O)(=O)C1CSCCN1Cc1c(Br)c(C)nn1C. The van der Waals surface area contributed by atoms with Crippen LogP contribution < -0.4 is 0 Å². The second-order valence-electron chi connectivity index (χ2n) is 4.92. The van der Waals surface area contributed by atoms with Crippen molar-refractivity contribution in [1.29, 1.82) is 0 Å². The van der Waals surface area contributed by atoms with Crippen LogP contribution in [0, 0.1) is 6.92 Å². The number of sulfone groups is 1. The van der Waals surface area contributed by atoms with Gasteiger partial charge in [0.05, 0.1) is 15.9 Å². The zero-order valence-electron chi connectivity index (χ0n) is 12.0. The Morgan fingerprint density at radius 3 is 2.75 bits per heavy atom. The molecular formula is C12H20BrN3O2S2. The van der Waals surface area contributed by atoms with E-state index in [0.29, 0.717) is 12.3 Å². The Labute approximate surface area is 133 Å². The maximum Gasteiger partial charge on any atom is 0.166 e. The van der Waals surface area contributed by atoms with E-state index in [4.69, 9.17) is 0 Å². The van der Waals surface area contributed by atoms with Gasteiger partial charge in [-0.05, 0) is 22.9 Å². The average molecular weight is 382 g/mol. The maximum atomic E-state index is 12.2. The van der Waals surface area contributed by atoms with Crippen molar-refractivity contribution in [3.05, 3.63) is 15.9 Å². The van der Waals surface area contributed by atoms with E-state index >= 15 is 0 Å². The van der Waals surface area contributed by atoms with Gasteiger partial charge in [-0.3, -0.25) is 9.58 Å². The lowest BCUT2D eigenvalue weighted by atomic mass is 10.3. The second-order valence-corrected chi connectivity index (χ2v) is 9.31. The summed E-state index contributed by atoms with van der Waals surface area (Å²) >= 11 is 5.27. The minimum Gasteiger partial charge on any atom is -0.280 e. The van der Waals surface area contributed by atoms with Gasteiger partial charge in [0.2, 0.25) is 0 Å². The van der Waals surface area contributed by atoms with Gasteiger partial charge in [0.25, 0.3) is 0 Å². The van der Waals surface area contributed by atoms with Crippen LogP contribution in [0.1, 0.15) is 18.3 Å². The summed E-state index contributed by atoms with van der Waals surface area (Å²) in [6, 6.07) is 0. The third kappa shape index (κ3) is 3.23. The molecule has 1 unspecified atom stereocenters. The number of halogens is 1.